The molecule has 1 amide bonds. The van der Waals surface area contributed by atoms with Gasteiger partial charge in [-0.3, -0.25) is 4.79 Å². The van der Waals surface area contributed by atoms with Crippen LogP contribution in [0, 0.1) is 12.3 Å². The Hall–Kier alpha value is -1.01. The number of hydrogen-bond acceptors (Lipinski definition) is 2. The minimum atomic E-state index is 0.0158. The maximum absolute atomic E-state index is 11.0. The number of terminal acetylenes is 1. The smallest absolute Gasteiger partial charge is 0.234 e. The van der Waals surface area contributed by atoms with Crippen molar-refractivity contribution in [3.63, 3.8) is 0 Å². The van der Waals surface area contributed by atoms with Crippen molar-refractivity contribution >= 4 is 5.91 Å². The Kier molecular flexibility index (Phi) is 6.12. The molecule has 0 saturated carbocycles. The maximum Gasteiger partial charge on any atom is 0.234 e. The van der Waals surface area contributed by atoms with Crippen molar-refractivity contribution in [1.82, 2.24) is 10.6 Å². The Morgan fingerprint density at radius 2 is 2.25 bits per heavy atom. The van der Waals surface area contributed by atoms with E-state index in [0.717, 1.165) is 0 Å². The van der Waals surface area contributed by atoms with Gasteiger partial charge in [-0.05, 0) is 13.8 Å². The van der Waals surface area contributed by atoms with Crippen LogP contribution in [-0.2, 0) is 4.79 Å². The van der Waals surface area contributed by atoms with Crippen LogP contribution in [0.15, 0.2) is 0 Å². The highest BCUT2D eigenvalue weighted by Crippen LogP contribution is 1.76. The Labute approximate surface area is 73.9 Å². The number of carbonyl (C=O) groups is 1. The van der Waals surface area contributed by atoms with Gasteiger partial charge in [-0.1, -0.05) is 0 Å². The van der Waals surface area contributed by atoms with E-state index < -0.39 is 0 Å². The summed E-state index contributed by atoms with van der Waals surface area (Å²) in [7, 11) is 0. The first kappa shape index (κ1) is 11.0. The Morgan fingerprint density at radius 1 is 1.58 bits per heavy atom. The summed E-state index contributed by atoms with van der Waals surface area (Å²) >= 11 is 0. The number of amides is 1. The maximum atomic E-state index is 11.0. The largest absolute Gasteiger partial charge is 0.353 e. The summed E-state index contributed by atoms with van der Waals surface area (Å²) in [5, 5.41) is 5.70. The van der Waals surface area contributed by atoms with Gasteiger partial charge < -0.3 is 10.6 Å². The van der Waals surface area contributed by atoms with E-state index >= 15 is 0 Å². The molecule has 0 aliphatic carbocycles. The van der Waals surface area contributed by atoms with E-state index in [4.69, 9.17) is 6.42 Å². The first-order valence-electron chi connectivity index (χ1n) is 4.10. The molecule has 0 bridgehead atoms. The lowest BCUT2D eigenvalue weighted by Crippen LogP contribution is -2.37. The molecule has 2 N–H and O–H groups in total. The van der Waals surface area contributed by atoms with Crippen LogP contribution in [-0.4, -0.2) is 25.0 Å². The fourth-order valence-corrected chi connectivity index (χ4v) is 0.735. The zero-order valence-corrected chi connectivity index (χ0v) is 7.68. The molecule has 0 rings (SSSR count). The van der Waals surface area contributed by atoms with Gasteiger partial charge in [-0.2, -0.15) is 0 Å². The number of hydrogen-bond donors (Lipinski definition) is 2. The second-order valence-electron chi connectivity index (χ2n) is 2.85. The third kappa shape index (κ3) is 7.10. The Bertz CT molecular complexity index is 170. The summed E-state index contributed by atoms with van der Waals surface area (Å²) in [5.41, 5.74) is 0. The third-order valence-electron chi connectivity index (χ3n) is 1.18. The molecule has 0 fully saturated rings. The van der Waals surface area contributed by atoms with Crippen LogP contribution in [0.2, 0.25) is 0 Å². The van der Waals surface area contributed by atoms with E-state index in [0.29, 0.717) is 19.5 Å². The van der Waals surface area contributed by atoms with Crippen molar-refractivity contribution in [1.29, 1.82) is 0 Å². The highest BCUT2D eigenvalue weighted by Gasteiger charge is 2.00. The van der Waals surface area contributed by atoms with Crippen LogP contribution >= 0.6 is 0 Å². The molecule has 0 aromatic heterocycles. The average Bonchev–Trinajstić information content (AvgIpc) is 1.97. The van der Waals surface area contributed by atoms with Crippen molar-refractivity contribution in [2.45, 2.75) is 26.3 Å². The first-order valence-corrected chi connectivity index (χ1v) is 4.10. The summed E-state index contributed by atoms with van der Waals surface area (Å²) in [4.78, 5) is 11.0. The molecule has 0 aromatic carbocycles. The molecule has 3 nitrogen and oxygen atoms in total. The zero-order chi connectivity index (χ0) is 9.40. The molecule has 0 atom stereocenters. The van der Waals surface area contributed by atoms with Crippen LogP contribution in [0.1, 0.15) is 20.3 Å². The molecule has 0 radical (unpaired) electrons. The van der Waals surface area contributed by atoms with Gasteiger partial charge in [0.25, 0.3) is 0 Å². The van der Waals surface area contributed by atoms with Gasteiger partial charge >= 0.3 is 0 Å². The molecule has 0 aromatic rings. The number of carbonyl (C=O) groups excluding carboxylic acids is 1. The van der Waals surface area contributed by atoms with E-state index in [1.54, 1.807) is 0 Å². The second-order valence-corrected chi connectivity index (χ2v) is 2.85. The van der Waals surface area contributed by atoms with Crippen molar-refractivity contribution in [2.75, 3.05) is 13.1 Å². The minimum Gasteiger partial charge on any atom is -0.353 e. The summed E-state index contributed by atoms with van der Waals surface area (Å²) in [6.07, 6.45) is 5.70. The number of rotatable bonds is 5. The van der Waals surface area contributed by atoms with Crippen LogP contribution < -0.4 is 10.6 Å². The fraction of sp³-hybridized carbons (Fsp3) is 0.667. The molecule has 0 aliphatic heterocycles. The van der Waals surface area contributed by atoms with Gasteiger partial charge in [0, 0.05) is 19.0 Å². The molecule has 0 heterocycles. The van der Waals surface area contributed by atoms with Crippen molar-refractivity contribution in [3.05, 3.63) is 0 Å². The third-order valence-corrected chi connectivity index (χ3v) is 1.18. The molecule has 0 unspecified atom stereocenters. The molecule has 12 heavy (non-hydrogen) atoms. The van der Waals surface area contributed by atoms with Gasteiger partial charge in [-0.25, -0.2) is 0 Å². The van der Waals surface area contributed by atoms with Gasteiger partial charge in [0.05, 0.1) is 6.54 Å². The quantitative estimate of drug-likeness (QED) is 0.452. The normalized spacial score (nSPS) is 9.50. The summed E-state index contributed by atoms with van der Waals surface area (Å²) in [5.74, 6) is 2.50. The molecular formula is C9H16N2O. The molecular weight excluding hydrogens is 152 g/mol. The van der Waals surface area contributed by atoms with Gasteiger partial charge in [0.1, 0.15) is 0 Å². The van der Waals surface area contributed by atoms with Crippen molar-refractivity contribution in [2.24, 2.45) is 0 Å². The van der Waals surface area contributed by atoms with Crippen LogP contribution in [0.5, 0.6) is 0 Å². The van der Waals surface area contributed by atoms with Gasteiger partial charge in [0.2, 0.25) is 5.91 Å². The average molecular weight is 168 g/mol. The summed E-state index contributed by atoms with van der Waals surface area (Å²) < 4.78 is 0. The SMILES string of the molecule is C#CCCNCC(=O)NC(C)C. The van der Waals surface area contributed by atoms with Gasteiger partial charge in [0.15, 0.2) is 0 Å². The summed E-state index contributed by atoms with van der Waals surface area (Å²) in [6, 6.07) is 0.201. The monoisotopic (exact) mass is 168 g/mol. The van der Waals surface area contributed by atoms with E-state index in [-0.39, 0.29) is 11.9 Å². The minimum absolute atomic E-state index is 0.0158. The zero-order valence-electron chi connectivity index (χ0n) is 7.68. The first-order chi connectivity index (χ1) is 5.66. The highest BCUT2D eigenvalue weighted by atomic mass is 16.1. The lowest BCUT2D eigenvalue weighted by Gasteiger charge is -2.07. The standard InChI is InChI=1S/C9H16N2O/c1-4-5-6-10-7-9(12)11-8(2)3/h1,8,10H,5-7H2,2-3H3,(H,11,12). The number of nitrogens with one attached hydrogen (secondary N) is 2. The van der Waals surface area contributed by atoms with Crippen LogP contribution in [0.25, 0.3) is 0 Å². The Balaban J connectivity index is 3.27. The molecule has 68 valence electrons. The van der Waals surface area contributed by atoms with E-state index in [1.165, 1.54) is 0 Å². The second kappa shape index (κ2) is 6.68. The van der Waals surface area contributed by atoms with Crippen LogP contribution in [0.4, 0.5) is 0 Å². The lowest BCUT2D eigenvalue weighted by atomic mass is 10.4. The molecule has 0 saturated heterocycles. The summed E-state index contributed by atoms with van der Waals surface area (Å²) in [6.45, 7) is 4.90. The van der Waals surface area contributed by atoms with E-state index in [1.807, 2.05) is 13.8 Å². The van der Waals surface area contributed by atoms with E-state index in [9.17, 15) is 4.79 Å². The molecule has 0 spiro atoms. The predicted molar refractivity (Wildman–Crippen MR) is 49.6 cm³/mol. The lowest BCUT2D eigenvalue weighted by molar-refractivity contribution is -0.120. The predicted octanol–water partition coefficient (Wildman–Crippen LogP) is 0.124. The van der Waals surface area contributed by atoms with Crippen LogP contribution in [0.3, 0.4) is 0 Å². The molecule has 0 aliphatic rings. The van der Waals surface area contributed by atoms with Gasteiger partial charge in [-0.15, -0.1) is 12.3 Å². The molecule has 3 heteroatoms. The fourth-order valence-electron chi connectivity index (χ4n) is 0.735. The highest BCUT2D eigenvalue weighted by molar-refractivity contribution is 5.78. The topological polar surface area (TPSA) is 41.1 Å². The Morgan fingerprint density at radius 3 is 2.75 bits per heavy atom. The van der Waals surface area contributed by atoms with Crippen molar-refractivity contribution in [3.8, 4) is 12.3 Å². The van der Waals surface area contributed by atoms with Crippen molar-refractivity contribution < 1.29 is 4.79 Å². The van der Waals surface area contributed by atoms with E-state index in [2.05, 4.69) is 16.6 Å².